The molecule has 1 aliphatic rings. The second kappa shape index (κ2) is 6.68. The van der Waals surface area contributed by atoms with E-state index in [1.165, 1.54) is 0 Å². The first-order valence-corrected chi connectivity index (χ1v) is 6.85. The number of nitrogens with zero attached hydrogens (tertiary/aromatic N) is 3. The van der Waals surface area contributed by atoms with Gasteiger partial charge in [0.05, 0.1) is 12.2 Å². The summed E-state index contributed by atoms with van der Waals surface area (Å²) < 4.78 is 0. The van der Waals surface area contributed by atoms with Gasteiger partial charge in [-0.3, -0.25) is 14.8 Å². The summed E-state index contributed by atoms with van der Waals surface area (Å²) in [4.78, 5) is 16.6. The van der Waals surface area contributed by atoms with Gasteiger partial charge in [0.15, 0.2) is 0 Å². The Bertz CT molecular complexity index is 384. The number of aromatic amines is 1. The molecule has 1 aromatic rings. The van der Waals surface area contributed by atoms with Gasteiger partial charge in [0.1, 0.15) is 0 Å². The molecule has 0 saturated carbocycles. The Labute approximate surface area is 114 Å². The van der Waals surface area contributed by atoms with Crippen molar-refractivity contribution in [2.75, 3.05) is 39.8 Å². The number of H-pyrrole nitrogens is 1. The van der Waals surface area contributed by atoms with E-state index in [4.69, 9.17) is 0 Å². The van der Waals surface area contributed by atoms with E-state index in [1.807, 2.05) is 13.1 Å². The zero-order chi connectivity index (χ0) is 13.7. The number of aromatic nitrogens is 2. The zero-order valence-electron chi connectivity index (χ0n) is 11.7. The summed E-state index contributed by atoms with van der Waals surface area (Å²) in [6.45, 7) is 6.65. The van der Waals surface area contributed by atoms with Crippen molar-refractivity contribution < 1.29 is 4.79 Å². The smallest absolute Gasteiger partial charge is 0.237 e. The van der Waals surface area contributed by atoms with Crippen molar-refractivity contribution in [2.24, 2.45) is 0 Å². The maximum Gasteiger partial charge on any atom is 0.237 e. The Morgan fingerprint density at radius 1 is 1.47 bits per heavy atom. The second-order valence-electron chi connectivity index (χ2n) is 5.16. The molecular formula is C13H23N5O. The predicted molar refractivity (Wildman–Crippen MR) is 73.8 cm³/mol. The van der Waals surface area contributed by atoms with Crippen LogP contribution in [-0.2, 0) is 11.2 Å². The molecule has 0 aromatic carbocycles. The summed E-state index contributed by atoms with van der Waals surface area (Å²) in [5, 5.41) is 9.65. The summed E-state index contributed by atoms with van der Waals surface area (Å²) in [5.74, 6) is 0.119. The number of amides is 1. The molecule has 106 valence electrons. The minimum absolute atomic E-state index is 0.0435. The highest BCUT2D eigenvalue weighted by atomic mass is 16.2. The molecule has 1 atom stereocenters. The third kappa shape index (κ3) is 4.04. The lowest BCUT2D eigenvalue weighted by molar-refractivity contribution is -0.126. The van der Waals surface area contributed by atoms with Crippen molar-refractivity contribution in [3.63, 3.8) is 0 Å². The molecule has 2 rings (SSSR count). The van der Waals surface area contributed by atoms with Gasteiger partial charge in [0.25, 0.3) is 0 Å². The monoisotopic (exact) mass is 265 g/mol. The van der Waals surface area contributed by atoms with E-state index in [0.29, 0.717) is 6.54 Å². The largest absolute Gasteiger partial charge is 0.354 e. The van der Waals surface area contributed by atoms with E-state index < -0.39 is 0 Å². The third-order valence-electron chi connectivity index (χ3n) is 3.73. The first-order valence-electron chi connectivity index (χ1n) is 6.85. The van der Waals surface area contributed by atoms with Crippen LogP contribution in [0.15, 0.2) is 12.4 Å². The van der Waals surface area contributed by atoms with Crippen LogP contribution in [0.1, 0.15) is 12.5 Å². The first-order chi connectivity index (χ1) is 9.16. The van der Waals surface area contributed by atoms with Crippen LogP contribution in [0.25, 0.3) is 0 Å². The molecular weight excluding hydrogens is 242 g/mol. The normalized spacial score (nSPS) is 19.3. The van der Waals surface area contributed by atoms with Gasteiger partial charge in [0, 0.05) is 38.9 Å². The molecule has 1 amide bonds. The molecule has 1 fully saturated rings. The molecule has 19 heavy (non-hydrogen) atoms. The Morgan fingerprint density at radius 3 is 2.84 bits per heavy atom. The number of hydrogen-bond donors (Lipinski definition) is 2. The van der Waals surface area contributed by atoms with Crippen molar-refractivity contribution in [1.29, 1.82) is 0 Å². The second-order valence-corrected chi connectivity index (χ2v) is 5.16. The fraction of sp³-hybridized carbons (Fsp3) is 0.692. The van der Waals surface area contributed by atoms with E-state index >= 15 is 0 Å². The van der Waals surface area contributed by atoms with Crippen LogP contribution >= 0.6 is 0 Å². The van der Waals surface area contributed by atoms with Gasteiger partial charge in [0.2, 0.25) is 5.91 Å². The summed E-state index contributed by atoms with van der Waals surface area (Å²) >= 11 is 0. The SMILES string of the molecule is C[C@H](C(=O)NCCc1cn[nH]c1)N1CCN(C)CC1. The standard InChI is InChI=1S/C13H23N5O/c1-11(18-7-5-17(2)6-8-18)13(19)14-4-3-12-9-15-16-10-12/h9-11H,3-8H2,1-2H3,(H,14,19)(H,15,16)/t11-/m1/s1. The third-order valence-corrected chi connectivity index (χ3v) is 3.73. The summed E-state index contributed by atoms with van der Waals surface area (Å²) in [5.41, 5.74) is 1.12. The number of likely N-dealkylation sites (N-methyl/N-ethyl adjacent to an activating group) is 1. The molecule has 2 N–H and O–H groups in total. The molecule has 6 heteroatoms. The average molecular weight is 265 g/mol. The van der Waals surface area contributed by atoms with Crippen LogP contribution in [0.4, 0.5) is 0 Å². The maximum absolute atomic E-state index is 12.1. The highest BCUT2D eigenvalue weighted by Crippen LogP contribution is 2.05. The number of carbonyl (C=O) groups excluding carboxylic acids is 1. The molecule has 1 aliphatic heterocycles. The van der Waals surface area contributed by atoms with Crippen molar-refractivity contribution in [3.05, 3.63) is 18.0 Å². The molecule has 0 spiro atoms. The lowest BCUT2D eigenvalue weighted by atomic mass is 10.2. The molecule has 0 radical (unpaired) electrons. The van der Waals surface area contributed by atoms with Gasteiger partial charge in [-0.15, -0.1) is 0 Å². The van der Waals surface area contributed by atoms with Gasteiger partial charge in [-0.05, 0) is 26.0 Å². The van der Waals surface area contributed by atoms with Gasteiger partial charge >= 0.3 is 0 Å². The van der Waals surface area contributed by atoms with E-state index in [0.717, 1.165) is 38.2 Å². The maximum atomic E-state index is 12.1. The molecule has 2 heterocycles. The minimum atomic E-state index is -0.0435. The number of hydrogen-bond acceptors (Lipinski definition) is 4. The lowest BCUT2D eigenvalue weighted by Gasteiger charge is -2.35. The first kappa shape index (κ1) is 14.0. The van der Waals surface area contributed by atoms with Crippen molar-refractivity contribution in [1.82, 2.24) is 25.3 Å². The number of carbonyl (C=O) groups is 1. The molecule has 1 aromatic heterocycles. The van der Waals surface area contributed by atoms with Gasteiger partial charge in [-0.1, -0.05) is 0 Å². The Hall–Kier alpha value is -1.40. The van der Waals surface area contributed by atoms with Crippen LogP contribution in [-0.4, -0.2) is 71.7 Å². The van der Waals surface area contributed by atoms with Crippen LogP contribution in [0.2, 0.25) is 0 Å². The zero-order valence-corrected chi connectivity index (χ0v) is 11.7. The molecule has 0 unspecified atom stereocenters. The minimum Gasteiger partial charge on any atom is -0.354 e. The lowest BCUT2D eigenvalue weighted by Crippen LogP contribution is -2.53. The van der Waals surface area contributed by atoms with Gasteiger partial charge in [-0.2, -0.15) is 5.10 Å². The van der Waals surface area contributed by atoms with E-state index in [9.17, 15) is 4.79 Å². The topological polar surface area (TPSA) is 64.3 Å². The Kier molecular flexibility index (Phi) is 4.93. The van der Waals surface area contributed by atoms with E-state index in [-0.39, 0.29) is 11.9 Å². The van der Waals surface area contributed by atoms with Crippen LogP contribution < -0.4 is 5.32 Å². The van der Waals surface area contributed by atoms with Crippen LogP contribution in [0.3, 0.4) is 0 Å². The Morgan fingerprint density at radius 2 is 2.21 bits per heavy atom. The number of nitrogens with one attached hydrogen (secondary N) is 2. The highest BCUT2D eigenvalue weighted by molar-refractivity contribution is 5.81. The van der Waals surface area contributed by atoms with Gasteiger partial charge < -0.3 is 10.2 Å². The number of rotatable bonds is 5. The average Bonchev–Trinajstić information content (AvgIpc) is 2.92. The molecule has 6 nitrogen and oxygen atoms in total. The number of piperazine rings is 1. The summed E-state index contributed by atoms with van der Waals surface area (Å²) in [6, 6.07) is -0.0435. The van der Waals surface area contributed by atoms with Crippen LogP contribution in [0.5, 0.6) is 0 Å². The fourth-order valence-electron chi connectivity index (χ4n) is 2.27. The van der Waals surface area contributed by atoms with Crippen molar-refractivity contribution in [2.45, 2.75) is 19.4 Å². The van der Waals surface area contributed by atoms with Crippen LogP contribution in [0, 0.1) is 0 Å². The highest BCUT2D eigenvalue weighted by Gasteiger charge is 2.23. The van der Waals surface area contributed by atoms with E-state index in [2.05, 4.69) is 32.4 Å². The quantitative estimate of drug-likeness (QED) is 0.767. The molecule has 1 saturated heterocycles. The van der Waals surface area contributed by atoms with Crippen molar-refractivity contribution >= 4 is 5.91 Å². The van der Waals surface area contributed by atoms with Gasteiger partial charge in [-0.25, -0.2) is 0 Å². The summed E-state index contributed by atoms with van der Waals surface area (Å²) in [6.07, 6.45) is 4.46. The molecule has 0 bridgehead atoms. The van der Waals surface area contributed by atoms with Crippen molar-refractivity contribution in [3.8, 4) is 0 Å². The molecule has 0 aliphatic carbocycles. The Balaban J connectivity index is 1.70. The fourth-order valence-corrected chi connectivity index (χ4v) is 2.27. The predicted octanol–water partition coefficient (Wildman–Crippen LogP) is -0.296. The summed E-state index contributed by atoms with van der Waals surface area (Å²) in [7, 11) is 2.12. The van der Waals surface area contributed by atoms with E-state index in [1.54, 1.807) is 6.20 Å².